The summed E-state index contributed by atoms with van der Waals surface area (Å²) >= 11 is 0. The highest BCUT2D eigenvalue weighted by Crippen LogP contribution is 2.14. The van der Waals surface area contributed by atoms with Gasteiger partial charge in [0, 0.05) is 12.2 Å². The van der Waals surface area contributed by atoms with E-state index in [9.17, 15) is 9.18 Å². The van der Waals surface area contributed by atoms with Crippen molar-refractivity contribution in [2.75, 3.05) is 24.6 Å². The third-order valence-electron chi connectivity index (χ3n) is 3.06. The molecule has 1 amide bonds. The maximum Gasteiger partial charge on any atom is 0.238 e. The lowest BCUT2D eigenvalue weighted by Gasteiger charge is -2.17. The molecule has 0 unspecified atom stereocenters. The first-order valence-electron chi connectivity index (χ1n) is 6.62. The Morgan fingerprint density at radius 1 is 1.19 bits per heavy atom. The summed E-state index contributed by atoms with van der Waals surface area (Å²) in [6.07, 6.45) is 0. The van der Waals surface area contributed by atoms with E-state index in [2.05, 4.69) is 5.32 Å². The zero-order chi connectivity index (χ0) is 15.2. The van der Waals surface area contributed by atoms with Crippen molar-refractivity contribution in [3.05, 3.63) is 59.9 Å². The van der Waals surface area contributed by atoms with Crippen LogP contribution in [-0.4, -0.2) is 24.4 Å². The molecule has 0 aliphatic heterocycles. The third kappa shape index (κ3) is 4.29. The second kappa shape index (κ2) is 6.85. The number of carbonyl (C=O) groups excluding carboxylic acids is 1. The van der Waals surface area contributed by atoms with Crippen molar-refractivity contribution in [1.29, 1.82) is 0 Å². The molecule has 4 nitrogen and oxygen atoms in total. The molecule has 2 aromatic rings. The van der Waals surface area contributed by atoms with Gasteiger partial charge >= 0.3 is 0 Å². The van der Waals surface area contributed by atoms with Gasteiger partial charge in [-0.3, -0.25) is 9.69 Å². The minimum Gasteiger partial charge on any atom is -0.398 e. The number of hydrogen-bond donors (Lipinski definition) is 2. The Labute approximate surface area is 123 Å². The highest BCUT2D eigenvalue weighted by molar-refractivity contribution is 5.92. The molecule has 2 aromatic carbocycles. The summed E-state index contributed by atoms with van der Waals surface area (Å²) in [6.45, 7) is 0.708. The summed E-state index contributed by atoms with van der Waals surface area (Å²) in [6, 6.07) is 13.6. The average molecular weight is 287 g/mol. The van der Waals surface area contributed by atoms with Gasteiger partial charge in [0.1, 0.15) is 5.82 Å². The molecule has 0 aromatic heterocycles. The molecule has 0 aliphatic carbocycles. The van der Waals surface area contributed by atoms with Gasteiger partial charge in [-0.1, -0.05) is 30.3 Å². The highest BCUT2D eigenvalue weighted by atomic mass is 19.1. The second-order valence-corrected chi connectivity index (χ2v) is 4.90. The van der Waals surface area contributed by atoms with Gasteiger partial charge in [0.15, 0.2) is 0 Å². The van der Waals surface area contributed by atoms with Crippen molar-refractivity contribution in [2.45, 2.75) is 6.54 Å². The van der Waals surface area contributed by atoms with Crippen LogP contribution in [0.15, 0.2) is 48.5 Å². The van der Waals surface area contributed by atoms with E-state index in [-0.39, 0.29) is 18.1 Å². The Kier molecular flexibility index (Phi) is 4.90. The topological polar surface area (TPSA) is 58.4 Å². The monoisotopic (exact) mass is 287 g/mol. The number of nitrogens with zero attached hydrogens (tertiary/aromatic N) is 1. The lowest BCUT2D eigenvalue weighted by molar-refractivity contribution is -0.117. The maximum absolute atomic E-state index is 13.4. The van der Waals surface area contributed by atoms with Gasteiger partial charge in [-0.25, -0.2) is 4.39 Å². The first-order chi connectivity index (χ1) is 10.1. The maximum atomic E-state index is 13.4. The van der Waals surface area contributed by atoms with Crippen LogP contribution in [0, 0.1) is 5.82 Å². The number of rotatable bonds is 5. The summed E-state index contributed by atoms with van der Waals surface area (Å²) in [5, 5.41) is 2.55. The summed E-state index contributed by atoms with van der Waals surface area (Å²) in [4.78, 5) is 13.7. The number of nitrogens with two attached hydrogens (primary N) is 1. The first kappa shape index (κ1) is 15.0. The van der Waals surface area contributed by atoms with Gasteiger partial charge in [-0.2, -0.15) is 0 Å². The predicted molar refractivity (Wildman–Crippen MR) is 82.2 cm³/mol. The van der Waals surface area contributed by atoms with Gasteiger partial charge in [0.25, 0.3) is 0 Å². The second-order valence-electron chi connectivity index (χ2n) is 4.90. The van der Waals surface area contributed by atoms with E-state index in [1.807, 2.05) is 36.2 Å². The lowest BCUT2D eigenvalue weighted by Crippen LogP contribution is -2.30. The zero-order valence-corrected chi connectivity index (χ0v) is 11.8. The van der Waals surface area contributed by atoms with Gasteiger partial charge in [0.2, 0.25) is 5.91 Å². The number of halogens is 1. The van der Waals surface area contributed by atoms with Crippen LogP contribution in [0.4, 0.5) is 15.8 Å². The Bertz CT molecular complexity index is 630. The molecule has 2 rings (SSSR count). The van der Waals surface area contributed by atoms with Crippen LogP contribution in [-0.2, 0) is 11.3 Å². The summed E-state index contributed by atoms with van der Waals surface area (Å²) in [5.74, 6) is -0.710. The molecular weight excluding hydrogens is 269 g/mol. The van der Waals surface area contributed by atoms with E-state index < -0.39 is 5.82 Å². The Morgan fingerprint density at radius 2 is 1.86 bits per heavy atom. The SMILES string of the molecule is CN(CC(=O)Nc1ccccc1F)Cc1ccccc1N. The average Bonchev–Trinajstić information content (AvgIpc) is 2.44. The fraction of sp³-hybridized carbons (Fsp3) is 0.188. The quantitative estimate of drug-likeness (QED) is 0.831. The standard InChI is InChI=1S/C16H18FN3O/c1-20(10-12-6-2-4-8-14(12)18)11-16(21)19-15-9-5-3-7-13(15)17/h2-9H,10-11,18H2,1H3,(H,19,21). The number of para-hydroxylation sites is 2. The number of likely N-dealkylation sites (N-methyl/N-ethyl adjacent to an activating group) is 1. The molecule has 0 saturated carbocycles. The van der Waals surface area contributed by atoms with E-state index in [1.54, 1.807) is 12.1 Å². The molecule has 0 atom stereocenters. The van der Waals surface area contributed by atoms with Crippen molar-refractivity contribution < 1.29 is 9.18 Å². The minimum absolute atomic E-state index is 0.155. The van der Waals surface area contributed by atoms with Crippen molar-refractivity contribution in [1.82, 2.24) is 4.90 Å². The molecule has 5 heteroatoms. The van der Waals surface area contributed by atoms with Crippen LogP contribution < -0.4 is 11.1 Å². The normalized spacial score (nSPS) is 10.6. The number of benzene rings is 2. The van der Waals surface area contributed by atoms with Gasteiger partial charge in [0.05, 0.1) is 12.2 Å². The third-order valence-corrected chi connectivity index (χ3v) is 3.06. The van der Waals surface area contributed by atoms with Crippen molar-refractivity contribution >= 4 is 17.3 Å². The van der Waals surface area contributed by atoms with E-state index in [0.29, 0.717) is 12.2 Å². The van der Waals surface area contributed by atoms with E-state index >= 15 is 0 Å². The minimum atomic E-state index is -0.444. The molecular formula is C16H18FN3O. The molecule has 3 N–H and O–H groups in total. The zero-order valence-electron chi connectivity index (χ0n) is 11.8. The van der Waals surface area contributed by atoms with E-state index in [4.69, 9.17) is 5.73 Å². The van der Waals surface area contributed by atoms with Gasteiger partial charge in [-0.05, 0) is 30.8 Å². The molecule has 0 bridgehead atoms. The summed E-state index contributed by atoms with van der Waals surface area (Å²) < 4.78 is 13.4. The Hall–Kier alpha value is -2.40. The van der Waals surface area contributed by atoms with Crippen LogP contribution in [0.1, 0.15) is 5.56 Å². The number of amides is 1. The van der Waals surface area contributed by atoms with Crippen LogP contribution in [0.2, 0.25) is 0 Å². The molecule has 0 fully saturated rings. The molecule has 110 valence electrons. The molecule has 0 heterocycles. The number of nitrogens with one attached hydrogen (secondary N) is 1. The number of carbonyl (C=O) groups is 1. The number of nitrogen functional groups attached to an aromatic ring is 1. The highest BCUT2D eigenvalue weighted by Gasteiger charge is 2.10. The van der Waals surface area contributed by atoms with Crippen LogP contribution >= 0.6 is 0 Å². The van der Waals surface area contributed by atoms with Crippen LogP contribution in [0.3, 0.4) is 0 Å². The fourth-order valence-corrected chi connectivity index (χ4v) is 2.02. The largest absolute Gasteiger partial charge is 0.398 e. The Morgan fingerprint density at radius 3 is 2.57 bits per heavy atom. The lowest BCUT2D eigenvalue weighted by atomic mass is 10.2. The van der Waals surface area contributed by atoms with E-state index in [0.717, 1.165) is 5.56 Å². The van der Waals surface area contributed by atoms with Crippen molar-refractivity contribution in [3.63, 3.8) is 0 Å². The first-order valence-corrected chi connectivity index (χ1v) is 6.62. The summed E-state index contributed by atoms with van der Waals surface area (Å²) in [5.41, 5.74) is 7.71. The smallest absolute Gasteiger partial charge is 0.238 e. The molecule has 0 saturated heterocycles. The van der Waals surface area contributed by atoms with Gasteiger partial charge < -0.3 is 11.1 Å². The fourth-order valence-electron chi connectivity index (χ4n) is 2.02. The van der Waals surface area contributed by atoms with Gasteiger partial charge in [-0.15, -0.1) is 0 Å². The van der Waals surface area contributed by atoms with Crippen LogP contribution in [0.25, 0.3) is 0 Å². The molecule has 21 heavy (non-hydrogen) atoms. The molecule has 0 spiro atoms. The number of anilines is 2. The molecule has 0 aliphatic rings. The van der Waals surface area contributed by atoms with Crippen LogP contribution in [0.5, 0.6) is 0 Å². The summed E-state index contributed by atoms with van der Waals surface area (Å²) in [7, 11) is 1.81. The van der Waals surface area contributed by atoms with E-state index in [1.165, 1.54) is 12.1 Å². The Balaban J connectivity index is 1.91. The van der Waals surface area contributed by atoms with Crippen molar-refractivity contribution in [3.8, 4) is 0 Å². The predicted octanol–water partition coefficient (Wildman–Crippen LogP) is 2.48. The molecule has 0 radical (unpaired) electrons. The van der Waals surface area contributed by atoms with Crippen molar-refractivity contribution in [2.24, 2.45) is 0 Å². The number of hydrogen-bond acceptors (Lipinski definition) is 3.